The zero-order valence-electron chi connectivity index (χ0n) is 9.80. The Bertz CT molecular complexity index is 660. The van der Waals surface area contributed by atoms with Gasteiger partial charge < -0.3 is 5.73 Å². The first-order chi connectivity index (χ1) is 8.46. The molecule has 0 spiro atoms. The van der Waals surface area contributed by atoms with Gasteiger partial charge in [0, 0.05) is 12.0 Å². The quantitative estimate of drug-likeness (QED) is 0.902. The number of thiazole rings is 1. The van der Waals surface area contributed by atoms with E-state index in [1.165, 1.54) is 0 Å². The number of nitrogens with zero attached hydrogens (tertiary/aromatic N) is 1. The van der Waals surface area contributed by atoms with E-state index in [2.05, 4.69) is 4.98 Å². The van der Waals surface area contributed by atoms with Gasteiger partial charge in [-0.2, -0.15) is 0 Å². The lowest BCUT2D eigenvalue weighted by Crippen LogP contribution is -2.43. The zero-order valence-corrected chi connectivity index (χ0v) is 11.4. The second-order valence-corrected chi connectivity index (χ2v) is 8.26. The summed E-state index contributed by atoms with van der Waals surface area (Å²) in [6.07, 6.45) is 1.08. The van der Waals surface area contributed by atoms with Crippen molar-refractivity contribution in [3.05, 3.63) is 29.3 Å². The van der Waals surface area contributed by atoms with E-state index in [0.717, 1.165) is 15.2 Å². The molecule has 18 heavy (non-hydrogen) atoms. The van der Waals surface area contributed by atoms with Crippen LogP contribution in [-0.4, -0.2) is 30.4 Å². The van der Waals surface area contributed by atoms with Crippen LogP contribution in [0.15, 0.2) is 24.3 Å². The van der Waals surface area contributed by atoms with Crippen LogP contribution in [0.5, 0.6) is 0 Å². The summed E-state index contributed by atoms with van der Waals surface area (Å²) in [5, 5.41) is 0.927. The molecule has 6 heteroatoms. The number of hydrogen-bond donors (Lipinski definition) is 1. The average Bonchev–Trinajstić information content (AvgIpc) is 2.78. The molecule has 2 aromatic rings. The van der Waals surface area contributed by atoms with Crippen molar-refractivity contribution in [1.82, 2.24) is 4.98 Å². The molecule has 0 aliphatic carbocycles. The fraction of sp³-hybridized carbons (Fsp3) is 0.417. The summed E-state index contributed by atoms with van der Waals surface area (Å²) in [6, 6.07) is 7.90. The predicted molar refractivity (Wildman–Crippen MR) is 73.5 cm³/mol. The van der Waals surface area contributed by atoms with Crippen LogP contribution in [0.4, 0.5) is 0 Å². The third kappa shape index (κ3) is 2.28. The van der Waals surface area contributed by atoms with Crippen molar-refractivity contribution in [2.75, 3.05) is 11.5 Å². The average molecular weight is 282 g/mol. The molecule has 1 unspecified atom stereocenters. The van der Waals surface area contributed by atoms with Crippen molar-refractivity contribution in [3.8, 4) is 0 Å². The molecule has 1 aliphatic rings. The first-order valence-corrected chi connectivity index (χ1v) is 8.43. The summed E-state index contributed by atoms with van der Waals surface area (Å²) in [4.78, 5) is 4.51. The Morgan fingerprint density at radius 1 is 1.39 bits per heavy atom. The second kappa shape index (κ2) is 4.01. The third-order valence-electron chi connectivity index (χ3n) is 3.26. The molecule has 1 saturated heterocycles. The minimum absolute atomic E-state index is 0.0793. The van der Waals surface area contributed by atoms with Crippen LogP contribution in [0, 0.1) is 0 Å². The molecule has 1 aromatic heterocycles. The highest BCUT2D eigenvalue weighted by molar-refractivity contribution is 7.91. The van der Waals surface area contributed by atoms with Gasteiger partial charge in [0.05, 0.1) is 26.7 Å². The lowest BCUT2D eigenvalue weighted by Gasteiger charge is -2.19. The van der Waals surface area contributed by atoms with E-state index in [9.17, 15) is 8.42 Å². The number of hydrogen-bond acceptors (Lipinski definition) is 5. The molecule has 0 amide bonds. The first-order valence-electron chi connectivity index (χ1n) is 5.80. The molecule has 96 valence electrons. The molecule has 2 N–H and O–H groups in total. The Morgan fingerprint density at radius 2 is 2.17 bits per heavy atom. The number of para-hydroxylation sites is 1. The minimum atomic E-state index is -2.95. The molecule has 0 bridgehead atoms. The molecule has 0 radical (unpaired) electrons. The molecule has 1 aliphatic heterocycles. The zero-order chi connectivity index (χ0) is 12.8. The maximum absolute atomic E-state index is 11.5. The summed E-state index contributed by atoms with van der Waals surface area (Å²) < 4.78 is 24.1. The van der Waals surface area contributed by atoms with Crippen LogP contribution in [0.2, 0.25) is 0 Å². The minimum Gasteiger partial charge on any atom is -0.324 e. The Hall–Kier alpha value is -0.980. The van der Waals surface area contributed by atoms with Crippen LogP contribution < -0.4 is 5.73 Å². The maximum Gasteiger partial charge on any atom is 0.152 e. The summed E-state index contributed by atoms with van der Waals surface area (Å²) in [7, 11) is -2.95. The topological polar surface area (TPSA) is 73.0 Å². The van der Waals surface area contributed by atoms with Crippen molar-refractivity contribution in [2.24, 2.45) is 5.73 Å². The van der Waals surface area contributed by atoms with E-state index in [4.69, 9.17) is 5.73 Å². The summed E-state index contributed by atoms with van der Waals surface area (Å²) in [6.45, 7) is 0. The number of rotatable bonds is 2. The maximum atomic E-state index is 11.5. The number of aromatic nitrogens is 1. The Labute approximate surface area is 110 Å². The molecule has 2 heterocycles. The normalized spacial score (nSPS) is 26.7. The van der Waals surface area contributed by atoms with E-state index in [0.29, 0.717) is 12.8 Å². The molecule has 4 nitrogen and oxygen atoms in total. The fourth-order valence-corrected chi connectivity index (χ4v) is 5.48. The fourth-order valence-electron chi connectivity index (χ4n) is 2.38. The van der Waals surface area contributed by atoms with Gasteiger partial charge in [-0.1, -0.05) is 12.1 Å². The summed E-state index contributed by atoms with van der Waals surface area (Å²) in [5.74, 6) is 0.282. The van der Waals surface area contributed by atoms with Crippen LogP contribution in [0.3, 0.4) is 0 Å². The number of nitrogens with two attached hydrogens (primary N) is 1. The van der Waals surface area contributed by atoms with Crippen molar-refractivity contribution >= 4 is 31.4 Å². The van der Waals surface area contributed by atoms with Gasteiger partial charge in [0.1, 0.15) is 0 Å². The van der Waals surface area contributed by atoms with E-state index in [-0.39, 0.29) is 11.5 Å². The highest BCUT2D eigenvalue weighted by Crippen LogP contribution is 2.29. The molecular formula is C12H14N2O2S2. The van der Waals surface area contributed by atoms with Gasteiger partial charge in [0.15, 0.2) is 9.84 Å². The van der Waals surface area contributed by atoms with Crippen LogP contribution in [0.25, 0.3) is 10.2 Å². The molecule has 1 aromatic carbocycles. The van der Waals surface area contributed by atoms with Gasteiger partial charge >= 0.3 is 0 Å². The highest BCUT2D eigenvalue weighted by atomic mass is 32.2. The van der Waals surface area contributed by atoms with E-state index in [1.54, 1.807) is 11.3 Å². The van der Waals surface area contributed by atoms with Crippen LogP contribution in [0.1, 0.15) is 11.4 Å². The summed E-state index contributed by atoms with van der Waals surface area (Å²) in [5.41, 5.74) is 6.50. The molecular weight excluding hydrogens is 268 g/mol. The number of fused-ring (bicyclic) bond motifs is 1. The van der Waals surface area contributed by atoms with E-state index in [1.807, 2.05) is 24.3 Å². The van der Waals surface area contributed by atoms with Crippen molar-refractivity contribution in [1.29, 1.82) is 0 Å². The van der Waals surface area contributed by atoms with Crippen LogP contribution >= 0.6 is 11.3 Å². The van der Waals surface area contributed by atoms with Crippen LogP contribution in [-0.2, 0) is 16.3 Å². The number of sulfone groups is 1. The Balaban J connectivity index is 1.88. The van der Waals surface area contributed by atoms with E-state index < -0.39 is 15.4 Å². The third-order valence-corrected chi connectivity index (χ3v) is 6.14. The van der Waals surface area contributed by atoms with Gasteiger partial charge in [0.25, 0.3) is 0 Å². The SMILES string of the molecule is NC1(Cc2nc3ccccc3s2)CCS(=O)(=O)C1. The lowest BCUT2D eigenvalue weighted by molar-refractivity contribution is 0.476. The molecule has 0 saturated carbocycles. The van der Waals surface area contributed by atoms with Crippen molar-refractivity contribution < 1.29 is 8.42 Å². The lowest BCUT2D eigenvalue weighted by atomic mass is 9.97. The van der Waals surface area contributed by atoms with Crippen molar-refractivity contribution in [3.63, 3.8) is 0 Å². The van der Waals surface area contributed by atoms with Gasteiger partial charge in [-0.05, 0) is 18.6 Å². The standard InChI is InChI=1S/C12H14N2O2S2/c13-12(5-6-18(15,16)8-12)7-11-14-9-3-1-2-4-10(9)17-11/h1-4H,5-8,13H2. The van der Waals surface area contributed by atoms with Gasteiger partial charge in [-0.25, -0.2) is 13.4 Å². The molecule has 1 fully saturated rings. The Morgan fingerprint density at radius 3 is 2.83 bits per heavy atom. The number of benzene rings is 1. The second-order valence-electron chi connectivity index (χ2n) is 4.96. The highest BCUT2D eigenvalue weighted by Gasteiger charge is 2.39. The largest absolute Gasteiger partial charge is 0.324 e. The molecule has 3 rings (SSSR count). The van der Waals surface area contributed by atoms with Gasteiger partial charge in [-0.3, -0.25) is 0 Å². The van der Waals surface area contributed by atoms with Gasteiger partial charge in [0.2, 0.25) is 0 Å². The smallest absolute Gasteiger partial charge is 0.152 e. The molecule has 1 atom stereocenters. The van der Waals surface area contributed by atoms with Crippen molar-refractivity contribution in [2.45, 2.75) is 18.4 Å². The monoisotopic (exact) mass is 282 g/mol. The van der Waals surface area contributed by atoms with E-state index >= 15 is 0 Å². The van der Waals surface area contributed by atoms with Gasteiger partial charge in [-0.15, -0.1) is 11.3 Å². The Kier molecular flexibility index (Phi) is 2.69. The summed E-state index contributed by atoms with van der Waals surface area (Å²) >= 11 is 1.60. The predicted octanol–water partition coefficient (Wildman–Crippen LogP) is 1.35. The first kappa shape index (κ1) is 12.1.